The molecule has 0 spiro atoms. The summed E-state index contributed by atoms with van der Waals surface area (Å²) in [5, 5.41) is 8.59. The van der Waals surface area contributed by atoms with Crippen molar-refractivity contribution in [2.24, 2.45) is 0 Å². The molecule has 0 aliphatic carbocycles. The van der Waals surface area contributed by atoms with E-state index in [2.05, 4.69) is 45.5 Å². The molecule has 0 bridgehead atoms. The summed E-state index contributed by atoms with van der Waals surface area (Å²) in [4.78, 5) is 2.48. The van der Waals surface area contributed by atoms with Crippen molar-refractivity contribution >= 4 is 0 Å². The van der Waals surface area contributed by atoms with Gasteiger partial charge in [-0.25, -0.2) is 4.68 Å². The van der Waals surface area contributed by atoms with Crippen molar-refractivity contribution in [2.45, 2.75) is 25.3 Å². The van der Waals surface area contributed by atoms with Gasteiger partial charge in [0.25, 0.3) is 0 Å². The van der Waals surface area contributed by atoms with Crippen LogP contribution in [0.15, 0.2) is 66.9 Å². The molecule has 1 fully saturated rings. The van der Waals surface area contributed by atoms with Crippen molar-refractivity contribution in [3.63, 3.8) is 0 Å². The second-order valence-corrected chi connectivity index (χ2v) is 6.45. The highest BCUT2D eigenvalue weighted by Crippen LogP contribution is 2.28. The highest BCUT2D eigenvalue weighted by atomic mass is 15.4. The molecule has 0 unspecified atom stereocenters. The summed E-state index contributed by atoms with van der Waals surface area (Å²) in [6.45, 7) is 3.13. The number of likely N-dealkylation sites (tertiary alicyclic amines) is 1. The first-order chi connectivity index (χ1) is 11.9. The third-order valence-corrected chi connectivity index (χ3v) is 4.81. The Hall–Kier alpha value is -2.46. The van der Waals surface area contributed by atoms with Gasteiger partial charge < -0.3 is 0 Å². The Morgan fingerprint density at radius 2 is 1.54 bits per heavy atom. The van der Waals surface area contributed by atoms with E-state index in [0.717, 1.165) is 31.0 Å². The molecule has 3 aromatic rings. The SMILES string of the molecule is c1ccc(C2CCN(Cc3cn(-c4ccccc4)nn3)CC2)cc1. The summed E-state index contributed by atoms with van der Waals surface area (Å²) < 4.78 is 1.85. The smallest absolute Gasteiger partial charge is 0.0971 e. The fourth-order valence-corrected chi connectivity index (χ4v) is 3.46. The van der Waals surface area contributed by atoms with Crippen LogP contribution in [0.2, 0.25) is 0 Å². The van der Waals surface area contributed by atoms with Crippen molar-refractivity contribution < 1.29 is 0 Å². The van der Waals surface area contributed by atoms with Gasteiger partial charge in [-0.1, -0.05) is 53.7 Å². The van der Waals surface area contributed by atoms with Crippen molar-refractivity contribution in [3.8, 4) is 5.69 Å². The maximum atomic E-state index is 4.34. The van der Waals surface area contributed by atoms with E-state index >= 15 is 0 Å². The standard InChI is InChI=1S/C20H22N4/c1-3-7-17(8-4-1)18-11-13-23(14-12-18)15-19-16-24(22-21-19)20-9-5-2-6-10-20/h1-10,16,18H,11-15H2. The Bertz CT molecular complexity index is 759. The first-order valence-electron chi connectivity index (χ1n) is 8.62. The molecule has 0 N–H and O–H groups in total. The molecule has 1 aliphatic heterocycles. The molecule has 1 aromatic heterocycles. The van der Waals surface area contributed by atoms with Crippen LogP contribution in [-0.4, -0.2) is 33.0 Å². The lowest BCUT2D eigenvalue weighted by molar-refractivity contribution is 0.202. The van der Waals surface area contributed by atoms with Crippen LogP contribution in [0.3, 0.4) is 0 Å². The molecule has 122 valence electrons. The predicted octanol–water partition coefficient (Wildman–Crippen LogP) is 3.65. The highest BCUT2D eigenvalue weighted by molar-refractivity contribution is 5.29. The zero-order valence-corrected chi connectivity index (χ0v) is 13.8. The Labute approximate surface area is 142 Å². The van der Waals surface area contributed by atoms with Crippen molar-refractivity contribution in [1.82, 2.24) is 19.9 Å². The van der Waals surface area contributed by atoms with Crippen molar-refractivity contribution in [1.29, 1.82) is 0 Å². The topological polar surface area (TPSA) is 34.0 Å². The molecule has 2 heterocycles. The molecule has 4 nitrogen and oxygen atoms in total. The van der Waals surface area contributed by atoms with Crippen LogP contribution < -0.4 is 0 Å². The van der Waals surface area contributed by atoms with Crippen LogP contribution in [0.4, 0.5) is 0 Å². The largest absolute Gasteiger partial charge is 0.297 e. The minimum absolute atomic E-state index is 0.697. The van der Waals surface area contributed by atoms with Gasteiger partial charge in [0, 0.05) is 6.54 Å². The first kappa shape index (κ1) is 15.1. The van der Waals surface area contributed by atoms with Gasteiger partial charge in [0.05, 0.1) is 17.6 Å². The van der Waals surface area contributed by atoms with Crippen LogP contribution in [0.1, 0.15) is 30.0 Å². The summed E-state index contributed by atoms with van der Waals surface area (Å²) in [6, 6.07) is 21.0. The number of piperidine rings is 1. The van der Waals surface area contributed by atoms with E-state index in [-0.39, 0.29) is 0 Å². The number of hydrogen-bond donors (Lipinski definition) is 0. The van der Waals surface area contributed by atoms with Crippen molar-refractivity contribution in [3.05, 3.63) is 78.1 Å². The number of benzene rings is 2. The van der Waals surface area contributed by atoms with Crippen LogP contribution in [-0.2, 0) is 6.54 Å². The summed E-state index contributed by atoms with van der Waals surface area (Å²) in [7, 11) is 0. The minimum Gasteiger partial charge on any atom is -0.297 e. The van der Waals surface area contributed by atoms with E-state index in [1.165, 1.54) is 18.4 Å². The van der Waals surface area contributed by atoms with Gasteiger partial charge >= 0.3 is 0 Å². The Morgan fingerprint density at radius 3 is 2.25 bits per heavy atom. The van der Waals surface area contributed by atoms with Gasteiger partial charge in [-0.2, -0.15) is 0 Å². The van der Waals surface area contributed by atoms with E-state index in [1.807, 2.05) is 41.2 Å². The fraction of sp³-hybridized carbons (Fsp3) is 0.300. The molecule has 4 heteroatoms. The summed E-state index contributed by atoms with van der Waals surface area (Å²) in [6.07, 6.45) is 4.48. The van der Waals surface area contributed by atoms with E-state index < -0.39 is 0 Å². The number of para-hydroxylation sites is 1. The molecule has 24 heavy (non-hydrogen) atoms. The third-order valence-electron chi connectivity index (χ3n) is 4.81. The first-order valence-corrected chi connectivity index (χ1v) is 8.62. The van der Waals surface area contributed by atoms with E-state index in [1.54, 1.807) is 0 Å². The molecule has 2 aromatic carbocycles. The van der Waals surface area contributed by atoms with E-state index in [9.17, 15) is 0 Å². The quantitative estimate of drug-likeness (QED) is 0.736. The number of aromatic nitrogens is 3. The van der Waals surface area contributed by atoms with Gasteiger partial charge in [-0.3, -0.25) is 4.90 Å². The molecule has 0 atom stereocenters. The van der Waals surface area contributed by atoms with E-state index in [4.69, 9.17) is 0 Å². The molecular weight excluding hydrogens is 296 g/mol. The Balaban J connectivity index is 1.35. The van der Waals surface area contributed by atoms with Gasteiger partial charge in [-0.05, 0) is 49.5 Å². The van der Waals surface area contributed by atoms with Crippen LogP contribution in [0.5, 0.6) is 0 Å². The highest BCUT2D eigenvalue weighted by Gasteiger charge is 2.21. The Kier molecular flexibility index (Phi) is 4.38. The Morgan fingerprint density at radius 1 is 0.875 bits per heavy atom. The molecule has 0 amide bonds. The fourth-order valence-electron chi connectivity index (χ4n) is 3.46. The van der Waals surface area contributed by atoms with E-state index in [0.29, 0.717) is 5.92 Å². The van der Waals surface area contributed by atoms with Crippen LogP contribution in [0, 0.1) is 0 Å². The number of hydrogen-bond acceptors (Lipinski definition) is 3. The average Bonchev–Trinajstić information content (AvgIpc) is 3.12. The molecule has 0 radical (unpaired) electrons. The number of nitrogens with zero attached hydrogens (tertiary/aromatic N) is 4. The molecule has 4 rings (SSSR count). The zero-order chi connectivity index (χ0) is 16.2. The lowest BCUT2D eigenvalue weighted by atomic mass is 9.89. The summed E-state index contributed by atoms with van der Waals surface area (Å²) in [5.74, 6) is 0.697. The maximum absolute atomic E-state index is 4.34. The van der Waals surface area contributed by atoms with Crippen molar-refractivity contribution in [2.75, 3.05) is 13.1 Å². The zero-order valence-electron chi connectivity index (χ0n) is 13.8. The second-order valence-electron chi connectivity index (χ2n) is 6.45. The molecule has 1 aliphatic rings. The van der Waals surface area contributed by atoms with Gasteiger partial charge in [-0.15, -0.1) is 5.10 Å². The maximum Gasteiger partial charge on any atom is 0.0971 e. The van der Waals surface area contributed by atoms with Crippen LogP contribution >= 0.6 is 0 Å². The summed E-state index contributed by atoms with van der Waals surface area (Å²) >= 11 is 0. The monoisotopic (exact) mass is 318 g/mol. The normalized spacial score (nSPS) is 16.3. The average molecular weight is 318 g/mol. The molecule has 0 saturated carbocycles. The second kappa shape index (κ2) is 6.97. The van der Waals surface area contributed by atoms with Gasteiger partial charge in [0.1, 0.15) is 0 Å². The van der Waals surface area contributed by atoms with Gasteiger partial charge in [0.2, 0.25) is 0 Å². The molecular formula is C20H22N4. The van der Waals surface area contributed by atoms with Gasteiger partial charge in [0.15, 0.2) is 0 Å². The third kappa shape index (κ3) is 3.39. The van der Waals surface area contributed by atoms with Crippen LogP contribution in [0.25, 0.3) is 5.69 Å². The number of rotatable bonds is 4. The predicted molar refractivity (Wildman–Crippen MR) is 95.1 cm³/mol. The minimum atomic E-state index is 0.697. The molecule has 1 saturated heterocycles. The lowest BCUT2D eigenvalue weighted by Gasteiger charge is -2.31. The summed E-state index contributed by atoms with van der Waals surface area (Å²) in [5.41, 5.74) is 3.57. The lowest BCUT2D eigenvalue weighted by Crippen LogP contribution is -2.32.